The van der Waals surface area contributed by atoms with Crippen LogP contribution in [0.5, 0.6) is 23.5 Å². The highest BCUT2D eigenvalue weighted by Crippen LogP contribution is 2.49. The minimum absolute atomic E-state index is 0.294. The molecule has 0 radical (unpaired) electrons. The molecule has 0 saturated carbocycles. The van der Waals surface area contributed by atoms with E-state index in [1.807, 2.05) is 63.1 Å². The Kier molecular flexibility index (Phi) is 10.1. The Labute approximate surface area is 258 Å². The van der Waals surface area contributed by atoms with E-state index in [1.54, 1.807) is 37.4 Å². The lowest BCUT2D eigenvalue weighted by Gasteiger charge is -2.39. The summed E-state index contributed by atoms with van der Waals surface area (Å²) in [5.41, 5.74) is 1.44. The smallest absolute Gasteiger partial charge is 0.217 e. The van der Waals surface area contributed by atoms with E-state index >= 15 is 0 Å². The predicted molar refractivity (Wildman–Crippen MR) is 169 cm³/mol. The molecule has 0 bridgehead atoms. The molecule has 2 unspecified atom stereocenters. The molecular weight excluding hydrogens is 560 g/mol. The molecule has 4 aromatic rings. The van der Waals surface area contributed by atoms with Gasteiger partial charge in [-0.05, 0) is 68.9 Å². The molecule has 0 aliphatic heterocycles. The van der Waals surface area contributed by atoms with E-state index < -0.39 is 11.5 Å². The number of aromatic nitrogens is 3. The first-order valence-electron chi connectivity index (χ1n) is 14.2. The van der Waals surface area contributed by atoms with E-state index in [2.05, 4.69) is 16.0 Å². The van der Waals surface area contributed by atoms with Crippen LogP contribution in [0.3, 0.4) is 0 Å². The van der Waals surface area contributed by atoms with Crippen molar-refractivity contribution in [1.29, 1.82) is 5.26 Å². The zero-order valence-corrected chi connectivity index (χ0v) is 26.6. The van der Waals surface area contributed by atoms with Crippen LogP contribution in [-0.2, 0) is 5.60 Å². The lowest BCUT2D eigenvalue weighted by atomic mass is 9.72. The largest absolute Gasteiger partial charge is 0.481 e. The molecule has 1 N–H and O–H groups in total. The zero-order chi connectivity index (χ0) is 32.0. The van der Waals surface area contributed by atoms with Gasteiger partial charge in [-0.15, -0.1) is 0 Å². The molecule has 2 atom stereocenters. The second-order valence-electron chi connectivity index (χ2n) is 10.9. The number of aliphatic hydroxyl groups is 1. The van der Waals surface area contributed by atoms with Gasteiger partial charge in [-0.1, -0.05) is 0 Å². The van der Waals surface area contributed by atoms with Gasteiger partial charge in [0.15, 0.2) is 0 Å². The quantitative estimate of drug-likeness (QED) is 0.235. The van der Waals surface area contributed by atoms with E-state index in [-0.39, 0.29) is 0 Å². The molecule has 0 saturated heterocycles. The number of rotatable bonds is 13. The van der Waals surface area contributed by atoms with E-state index in [9.17, 15) is 10.4 Å². The highest BCUT2D eigenvalue weighted by atomic mass is 16.5. The van der Waals surface area contributed by atoms with E-state index in [0.29, 0.717) is 71.1 Å². The van der Waals surface area contributed by atoms with Gasteiger partial charge >= 0.3 is 0 Å². The van der Waals surface area contributed by atoms with Crippen LogP contribution in [0.15, 0.2) is 48.5 Å². The number of methoxy groups -OCH3 is 3. The molecule has 11 nitrogen and oxygen atoms in total. The first kappa shape index (κ1) is 32.3. The molecule has 0 fully saturated rings. The maximum atomic E-state index is 13.2. The average molecular weight is 601 g/mol. The molecule has 11 heteroatoms. The summed E-state index contributed by atoms with van der Waals surface area (Å²) in [7, 11) is 12.3. The van der Waals surface area contributed by atoms with Gasteiger partial charge in [0.05, 0.1) is 45.1 Å². The number of ether oxygens (including phenoxy) is 4. The van der Waals surface area contributed by atoms with E-state index in [0.717, 1.165) is 10.9 Å². The van der Waals surface area contributed by atoms with Crippen LogP contribution in [0, 0.1) is 11.3 Å². The summed E-state index contributed by atoms with van der Waals surface area (Å²) in [6.07, 6.45) is 0.296. The summed E-state index contributed by atoms with van der Waals surface area (Å²) in [4.78, 5) is 17.8. The van der Waals surface area contributed by atoms with Crippen molar-refractivity contribution in [3.63, 3.8) is 0 Å². The average Bonchev–Trinajstić information content (AvgIpc) is 3.02. The van der Waals surface area contributed by atoms with Crippen molar-refractivity contribution in [2.75, 3.05) is 67.6 Å². The summed E-state index contributed by atoms with van der Waals surface area (Å²) >= 11 is 0. The molecule has 44 heavy (non-hydrogen) atoms. The third kappa shape index (κ3) is 6.77. The fourth-order valence-corrected chi connectivity index (χ4v) is 5.25. The van der Waals surface area contributed by atoms with Gasteiger partial charge in [0.2, 0.25) is 23.5 Å². The molecule has 0 spiro atoms. The summed E-state index contributed by atoms with van der Waals surface area (Å²) in [6.45, 7) is 2.84. The maximum Gasteiger partial charge on any atom is 0.217 e. The highest BCUT2D eigenvalue weighted by molar-refractivity contribution is 5.82. The molecular formula is C33H40N6O5. The SMILES string of the molecule is CCOc1cc(C(c2cc3cc(C#N)ccc3nc2OC)C(O)(CCN(C)C)c2cc(OC)nc(OC)c2)cc(N(C)C)n1. The number of hydrogen-bond acceptors (Lipinski definition) is 11. The third-order valence-electron chi connectivity index (χ3n) is 7.45. The van der Waals surface area contributed by atoms with Crippen molar-refractivity contribution in [3.8, 4) is 29.6 Å². The van der Waals surface area contributed by atoms with Gasteiger partial charge in [-0.25, -0.2) is 4.98 Å². The Morgan fingerprint density at radius 2 is 1.59 bits per heavy atom. The van der Waals surface area contributed by atoms with Gasteiger partial charge < -0.3 is 33.9 Å². The minimum Gasteiger partial charge on any atom is -0.481 e. The lowest BCUT2D eigenvalue weighted by Crippen LogP contribution is -2.38. The van der Waals surface area contributed by atoms with Crippen molar-refractivity contribution in [2.45, 2.75) is 24.9 Å². The van der Waals surface area contributed by atoms with Gasteiger partial charge in [0.1, 0.15) is 11.4 Å². The normalized spacial score (nSPS) is 13.2. The van der Waals surface area contributed by atoms with Crippen LogP contribution in [0.4, 0.5) is 5.82 Å². The van der Waals surface area contributed by atoms with Crippen molar-refractivity contribution < 1.29 is 24.1 Å². The first-order chi connectivity index (χ1) is 21.1. The van der Waals surface area contributed by atoms with E-state index in [4.69, 9.17) is 23.9 Å². The molecule has 4 rings (SSSR count). The number of hydrogen-bond donors (Lipinski definition) is 1. The Hall–Kier alpha value is -4.66. The van der Waals surface area contributed by atoms with Crippen LogP contribution in [0.2, 0.25) is 0 Å². The second kappa shape index (κ2) is 13.8. The Bertz CT molecular complexity index is 1630. The van der Waals surface area contributed by atoms with Crippen LogP contribution in [-0.4, -0.2) is 87.6 Å². The Morgan fingerprint density at radius 1 is 0.886 bits per heavy atom. The van der Waals surface area contributed by atoms with Crippen molar-refractivity contribution in [1.82, 2.24) is 19.9 Å². The lowest BCUT2D eigenvalue weighted by molar-refractivity contribution is 0.00325. The molecule has 3 aromatic heterocycles. The molecule has 0 aliphatic rings. The van der Waals surface area contributed by atoms with Crippen molar-refractivity contribution in [2.24, 2.45) is 0 Å². The topological polar surface area (TPSA) is 126 Å². The third-order valence-corrected chi connectivity index (χ3v) is 7.45. The summed E-state index contributed by atoms with van der Waals surface area (Å²) in [5, 5.41) is 23.6. The van der Waals surface area contributed by atoms with E-state index in [1.165, 1.54) is 14.2 Å². The van der Waals surface area contributed by atoms with Gasteiger partial charge in [-0.2, -0.15) is 15.2 Å². The van der Waals surface area contributed by atoms with Crippen molar-refractivity contribution >= 4 is 16.7 Å². The molecule has 1 aromatic carbocycles. The predicted octanol–water partition coefficient (Wildman–Crippen LogP) is 4.36. The number of nitriles is 1. The molecule has 232 valence electrons. The Balaban J connectivity index is 2.15. The zero-order valence-electron chi connectivity index (χ0n) is 26.6. The highest BCUT2D eigenvalue weighted by Gasteiger charge is 2.43. The van der Waals surface area contributed by atoms with Crippen LogP contribution >= 0.6 is 0 Å². The monoisotopic (exact) mass is 600 g/mol. The fourth-order valence-electron chi connectivity index (χ4n) is 5.25. The van der Waals surface area contributed by atoms with Gasteiger partial charge in [0, 0.05) is 55.7 Å². The number of fused-ring (bicyclic) bond motifs is 1. The maximum absolute atomic E-state index is 13.2. The number of benzene rings is 1. The van der Waals surface area contributed by atoms with Gasteiger partial charge in [0.25, 0.3) is 0 Å². The minimum atomic E-state index is -1.59. The number of nitrogens with zero attached hydrogens (tertiary/aromatic N) is 6. The van der Waals surface area contributed by atoms with Crippen LogP contribution < -0.4 is 23.8 Å². The Morgan fingerprint density at radius 3 is 2.16 bits per heavy atom. The number of anilines is 1. The van der Waals surface area contributed by atoms with Gasteiger partial charge in [-0.3, -0.25) is 0 Å². The standard InChI is InChI=1S/C33H40N6O5/c1-9-44-30-17-23(16-27(36-30)39(4)5)31(25-15-22-14-21(20-34)10-11-26(22)35-32(25)43-8)33(40,12-13-38(2)3)24-18-28(41-6)37-29(19-24)42-7/h10-11,14-19,31,40H,9,12-13H2,1-8H3. The van der Waals surface area contributed by atoms with Crippen molar-refractivity contribution in [3.05, 3.63) is 70.8 Å². The summed E-state index contributed by atoms with van der Waals surface area (Å²) in [6, 6.07) is 16.6. The number of pyridine rings is 3. The van der Waals surface area contributed by atoms with Crippen LogP contribution in [0.25, 0.3) is 10.9 Å². The fraction of sp³-hybridized carbons (Fsp3) is 0.394. The second-order valence-corrected chi connectivity index (χ2v) is 10.9. The molecule has 0 amide bonds. The molecule has 3 heterocycles. The first-order valence-corrected chi connectivity index (χ1v) is 14.2. The summed E-state index contributed by atoms with van der Waals surface area (Å²) < 4.78 is 22.9. The summed E-state index contributed by atoms with van der Waals surface area (Å²) in [5.74, 6) is 1.22. The van der Waals surface area contributed by atoms with Crippen LogP contribution in [0.1, 0.15) is 41.5 Å². The molecule has 0 aliphatic carbocycles.